The molecule has 0 N–H and O–H groups in total. The minimum Gasteiger partial charge on any atom is -0.496 e. The molecule has 0 bridgehead atoms. The highest BCUT2D eigenvalue weighted by molar-refractivity contribution is 7.98. The molecule has 1 aliphatic rings. The Morgan fingerprint density at radius 2 is 2.00 bits per heavy atom. The van der Waals surface area contributed by atoms with E-state index >= 15 is 0 Å². The maximum absolute atomic E-state index is 13.0. The molecule has 25 heavy (non-hydrogen) atoms. The van der Waals surface area contributed by atoms with E-state index in [1.807, 2.05) is 30.5 Å². The number of aromatic nitrogens is 1. The number of ether oxygens (including phenoxy) is 1. The zero-order valence-corrected chi connectivity index (χ0v) is 15.2. The van der Waals surface area contributed by atoms with Crippen molar-refractivity contribution in [2.45, 2.75) is 12.8 Å². The smallest absolute Gasteiger partial charge is 0.291 e. The number of carbonyl (C=O) groups excluding carboxylic acids is 2. The summed E-state index contributed by atoms with van der Waals surface area (Å²) >= 11 is 1.62. The quantitative estimate of drug-likeness (QED) is 0.821. The van der Waals surface area contributed by atoms with Gasteiger partial charge in [0.2, 0.25) is 5.91 Å². The van der Waals surface area contributed by atoms with Crippen molar-refractivity contribution in [3.8, 4) is 5.75 Å². The molecule has 0 spiro atoms. The fraction of sp³-hybridized carbons (Fsp3) is 0.389. The van der Waals surface area contributed by atoms with Gasteiger partial charge in [0.15, 0.2) is 0 Å². The summed E-state index contributed by atoms with van der Waals surface area (Å²) < 4.78 is 5.41. The average Bonchev–Trinajstić information content (AvgIpc) is 3.14. The number of hydrogen-bond acceptors (Lipinski definition) is 5. The van der Waals surface area contributed by atoms with Crippen LogP contribution in [0.3, 0.4) is 0 Å². The van der Waals surface area contributed by atoms with Crippen molar-refractivity contribution in [1.29, 1.82) is 0 Å². The third kappa shape index (κ3) is 3.56. The lowest BCUT2D eigenvalue weighted by atomic mass is 10.1. The number of benzene rings is 1. The second-order valence-corrected chi connectivity index (χ2v) is 6.75. The standard InChI is InChI=1S/C18H21N3O3S/c1-24-16-12-15(19-14-7-4-3-6-13(14)16)18(23)21-10-5-9-20(21)17(22)8-11-25-2/h3-4,6-7,12H,5,8-11H2,1-2H3. The Morgan fingerprint density at radius 1 is 1.24 bits per heavy atom. The van der Waals surface area contributed by atoms with E-state index in [0.717, 1.165) is 17.6 Å². The number of hydrazine groups is 1. The van der Waals surface area contributed by atoms with Crippen LogP contribution >= 0.6 is 11.8 Å². The molecule has 1 aromatic carbocycles. The number of pyridine rings is 1. The van der Waals surface area contributed by atoms with E-state index in [-0.39, 0.29) is 11.8 Å². The van der Waals surface area contributed by atoms with Gasteiger partial charge >= 0.3 is 0 Å². The lowest BCUT2D eigenvalue weighted by molar-refractivity contribution is -0.140. The second kappa shape index (κ2) is 7.74. The van der Waals surface area contributed by atoms with Gasteiger partial charge in [-0.25, -0.2) is 9.99 Å². The number of fused-ring (bicyclic) bond motifs is 1. The zero-order chi connectivity index (χ0) is 17.8. The summed E-state index contributed by atoms with van der Waals surface area (Å²) in [5.74, 6) is 1.07. The van der Waals surface area contributed by atoms with Crippen molar-refractivity contribution in [3.63, 3.8) is 0 Å². The van der Waals surface area contributed by atoms with Crippen LogP contribution < -0.4 is 4.74 Å². The van der Waals surface area contributed by atoms with E-state index in [0.29, 0.717) is 36.5 Å². The van der Waals surface area contributed by atoms with Gasteiger partial charge in [-0.05, 0) is 24.8 Å². The van der Waals surface area contributed by atoms with Crippen molar-refractivity contribution in [2.24, 2.45) is 0 Å². The van der Waals surface area contributed by atoms with E-state index < -0.39 is 0 Å². The first kappa shape index (κ1) is 17.5. The van der Waals surface area contributed by atoms with Crippen LogP contribution in [0.4, 0.5) is 0 Å². The Bertz CT molecular complexity index is 796. The number of amides is 2. The van der Waals surface area contributed by atoms with Gasteiger partial charge in [-0.15, -0.1) is 0 Å². The molecule has 0 aliphatic carbocycles. The summed E-state index contributed by atoms with van der Waals surface area (Å²) in [4.78, 5) is 29.8. The van der Waals surface area contributed by atoms with Crippen LogP contribution in [0.15, 0.2) is 30.3 Å². The Balaban J connectivity index is 1.89. The Hall–Kier alpha value is -2.28. The van der Waals surface area contributed by atoms with Crippen molar-refractivity contribution < 1.29 is 14.3 Å². The van der Waals surface area contributed by atoms with Crippen LogP contribution in [0.1, 0.15) is 23.3 Å². The van der Waals surface area contributed by atoms with Crippen LogP contribution in [-0.2, 0) is 4.79 Å². The lowest BCUT2D eigenvalue weighted by Crippen LogP contribution is -2.45. The van der Waals surface area contributed by atoms with E-state index in [4.69, 9.17) is 4.74 Å². The van der Waals surface area contributed by atoms with Crippen molar-refractivity contribution in [3.05, 3.63) is 36.0 Å². The van der Waals surface area contributed by atoms with Crippen LogP contribution in [-0.4, -0.2) is 59.0 Å². The normalized spacial score (nSPS) is 14.2. The summed E-state index contributed by atoms with van der Waals surface area (Å²) in [6.07, 6.45) is 3.17. The third-order valence-electron chi connectivity index (χ3n) is 4.19. The van der Waals surface area contributed by atoms with E-state index in [2.05, 4.69) is 4.98 Å². The van der Waals surface area contributed by atoms with Crippen molar-refractivity contribution in [1.82, 2.24) is 15.0 Å². The zero-order valence-electron chi connectivity index (χ0n) is 14.4. The van der Waals surface area contributed by atoms with Gasteiger partial charge < -0.3 is 4.74 Å². The number of para-hydroxylation sites is 1. The third-order valence-corrected chi connectivity index (χ3v) is 4.80. The molecule has 132 valence electrons. The summed E-state index contributed by atoms with van der Waals surface area (Å²) in [5.41, 5.74) is 0.991. The van der Waals surface area contributed by atoms with Gasteiger partial charge in [0.1, 0.15) is 11.4 Å². The molecule has 2 heterocycles. The number of thioether (sulfide) groups is 1. The van der Waals surface area contributed by atoms with Gasteiger partial charge in [-0.2, -0.15) is 11.8 Å². The minimum atomic E-state index is -0.265. The monoisotopic (exact) mass is 359 g/mol. The van der Waals surface area contributed by atoms with Gasteiger partial charge in [-0.1, -0.05) is 12.1 Å². The molecule has 2 aromatic rings. The van der Waals surface area contributed by atoms with Crippen molar-refractivity contribution >= 4 is 34.5 Å². The maximum atomic E-state index is 13.0. The highest BCUT2D eigenvalue weighted by atomic mass is 32.2. The average molecular weight is 359 g/mol. The molecule has 1 aromatic heterocycles. The summed E-state index contributed by atoms with van der Waals surface area (Å²) in [7, 11) is 1.57. The molecular weight excluding hydrogens is 338 g/mol. The molecular formula is C18H21N3O3S. The predicted molar refractivity (Wildman–Crippen MR) is 98.7 cm³/mol. The van der Waals surface area contributed by atoms with Gasteiger partial charge in [-0.3, -0.25) is 14.6 Å². The number of nitrogens with zero attached hydrogens (tertiary/aromatic N) is 3. The molecule has 0 saturated carbocycles. The number of carbonyl (C=O) groups is 2. The van der Waals surface area contributed by atoms with Crippen LogP contribution in [0.5, 0.6) is 5.75 Å². The first-order valence-electron chi connectivity index (χ1n) is 8.20. The highest BCUT2D eigenvalue weighted by Gasteiger charge is 2.32. The topological polar surface area (TPSA) is 62.7 Å². The van der Waals surface area contributed by atoms with Gasteiger partial charge in [0, 0.05) is 36.7 Å². The van der Waals surface area contributed by atoms with E-state index in [1.165, 1.54) is 5.01 Å². The fourth-order valence-electron chi connectivity index (χ4n) is 2.95. The number of methoxy groups -OCH3 is 1. The van der Waals surface area contributed by atoms with Crippen molar-refractivity contribution in [2.75, 3.05) is 32.2 Å². The molecule has 7 heteroatoms. The molecule has 3 rings (SSSR count). The first-order chi connectivity index (χ1) is 12.2. The Kier molecular flexibility index (Phi) is 5.43. The van der Waals surface area contributed by atoms with Crippen LogP contribution in [0.2, 0.25) is 0 Å². The van der Waals surface area contributed by atoms with E-state index in [1.54, 1.807) is 29.9 Å². The Morgan fingerprint density at radius 3 is 2.76 bits per heavy atom. The lowest BCUT2D eigenvalue weighted by Gasteiger charge is -2.27. The number of hydrogen-bond donors (Lipinski definition) is 0. The summed E-state index contributed by atoms with van der Waals surface area (Å²) in [5, 5.41) is 3.93. The molecule has 2 amide bonds. The second-order valence-electron chi connectivity index (χ2n) is 5.77. The minimum absolute atomic E-state index is 0.0204. The summed E-state index contributed by atoms with van der Waals surface area (Å²) in [6.45, 7) is 1.10. The molecule has 0 radical (unpaired) electrons. The molecule has 1 fully saturated rings. The SMILES string of the molecule is COc1cc(C(=O)N2CCCN2C(=O)CCSC)nc2ccccc12. The first-order valence-corrected chi connectivity index (χ1v) is 9.60. The fourth-order valence-corrected chi connectivity index (χ4v) is 3.33. The number of rotatable bonds is 5. The highest BCUT2D eigenvalue weighted by Crippen LogP contribution is 2.26. The maximum Gasteiger partial charge on any atom is 0.291 e. The molecule has 1 saturated heterocycles. The molecule has 1 aliphatic heterocycles. The van der Waals surface area contributed by atoms with Crippen LogP contribution in [0.25, 0.3) is 10.9 Å². The van der Waals surface area contributed by atoms with Gasteiger partial charge in [0.25, 0.3) is 5.91 Å². The van der Waals surface area contributed by atoms with Gasteiger partial charge in [0.05, 0.1) is 12.6 Å². The predicted octanol–water partition coefficient (Wildman–Crippen LogP) is 2.59. The largest absolute Gasteiger partial charge is 0.496 e. The Labute approximate surface area is 151 Å². The van der Waals surface area contributed by atoms with E-state index in [9.17, 15) is 9.59 Å². The molecule has 0 atom stereocenters. The van der Waals surface area contributed by atoms with Crippen LogP contribution in [0, 0.1) is 0 Å². The molecule has 0 unspecified atom stereocenters. The summed E-state index contributed by atoms with van der Waals surface area (Å²) in [6, 6.07) is 9.18. The molecule has 6 nitrogen and oxygen atoms in total.